The molecule has 0 amide bonds. The van der Waals surface area contributed by atoms with E-state index in [1.54, 1.807) is 22.4 Å². The first-order valence-electron chi connectivity index (χ1n) is 6.63. The molecule has 0 spiro atoms. The maximum absolute atomic E-state index is 12.4. The molecule has 1 aliphatic rings. The smallest absolute Gasteiger partial charge is 0.263 e. The zero-order valence-electron chi connectivity index (χ0n) is 11.1. The van der Waals surface area contributed by atoms with Crippen molar-refractivity contribution in [3.05, 3.63) is 34.5 Å². The molecule has 3 heterocycles. The number of aromatic nitrogens is 2. The average Bonchev–Trinajstić information content (AvgIpc) is 3.10. The molecule has 1 atom stereocenters. The number of hydrogen-bond donors (Lipinski definition) is 0. The van der Waals surface area contributed by atoms with Gasteiger partial charge in [0.25, 0.3) is 5.56 Å². The zero-order chi connectivity index (χ0) is 13.9. The summed E-state index contributed by atoms with van der Waals surface area (Å²) in [6, 6.07) is 1.84. The van der Waals surface area contributed by atoms with Gasteiger partial charge in [0.1, 0.15) is 4.83 Å². The highest BCUT2D eigenvalue weighted by molar-refractivity contribution is 7.99. The second-order valence-corrected chi connectivity index (χ2v) is 6.57. The Morgan fingerprint density at radius 3 is 3.30 bits per heavy atom. The first kappa shape index (κ1) is 13.9. The number of thiophene rings is 1. The minimum absolute atomic E-state index is 0.0194. The number of allylic oxidation sites excluding steroid dienone is 1. The van der Waals surface area contributed by atoms with E-state index in [1.165, 1.54) is 11.3 Å². The van der Waals surface area contributed by atoms with E-state index in [9.17, 15) is 4.79 Å². The van der Waals surface area contributed by atoms with Crippen LogP contribution in [0.15, 0.2) is 34.1 Å². The number of ether oxygens (including phenoxy) is 1. The Labute approximate surface area is 125 Å². The van der Waals surface area contributed by atoms with E-state index in [-0.39, 0.29) is 11.7 Å². The molecular weight excluding hydrogens is 292 g/mol. The van der Waals surface area contributed by atoms with Crippen LogP contribution in [0.5, 0.6) is 0 Å². The summed E-state index contributed by atoms with van der Waals surface area (Å²) in [5.74, 6) is 0.848. The van der Waals surface area contributed by atoms with Gasteiger partial charge < -0.3 is 4.74 Å². The van der Waals surface area contributed by atoms with E-state index in [2.05, 4.69) is 11.6 Å². The minimum atomic E-state index is 0.0194. The van der Waals surface area contributed by atoms with Crippen LogP contribution >= 0.6 is 23.1 Å². The van der Waals surface area contributed by atoms with Crippen LogP contribution < -0.4 is 5.56 Å². The van der Waals surface area contributed by atoms with Crippen LogP contribution in [0, 0.1) is 0 Å². The Balaban J connectivity index is 1.92. The number of rotatable bonds is 5. The van der Waals surface area contributed by atoms with Gasteiger partial charge in [0, 0.05) is 18.9 Å². The summed E-state index contributed by atoms with van der Waals surface area (Å²) in [6.07, 6.45) is 4.24. The Hall–Kier alpha value is -1.11. The lowest BCUT2D eigenvalue weighted by Crippen LogP contribution is -2.22. The van der Waals surface area contributed by atoms with Crippen molar-refractivity contribution in [1.29, 1.82) is 0 Å². The molecule has 0 bridgehead atoms. The van der Waals surface area contributed by atoms with E-state index in [1.807, 2.05) is 11.4 Å². The SMILES string of the molecule is C=CCn1c(SCC2CCCO2)nc2sccc2c1=O. The van der Waals surface area contributed by atoms with Crippen molar-refractivity contribution >= 4 is 33.3 Å². The summed E-state index contributed by atoms with van der Waals surface area (Å²) in [7, 11) is 0. The molecule has 0 aliphatic carbocycles. The van der Waals surface area contributed by atoms with Crippen molar-refractivity contribution in [2.75, 3.05) is 12.4 Å². The lowest BCUT2D eigenvalue weighted by molar-refractivity contribution is 0.129. The largest absolute Gasteiger partial charge is 0.377 e. The molecule has 106 valence electrons. The van der Waals surface area contributed by atoms with Crippen LogP contribution in [0.3, 0.4) is 0 Å². The molecule has 0 radical (unpaired) electrons. The molecule has 0 saturated carbocycles. The number of hydrogen-bond acceptors (Lipinski definition) is 5. The fourth-order valence-corrected chi connectivity index (χ4v) is 4.15. The minimum Gasteiger partial charge on any atom is -0.377 e. The third-order valence-corrected chi connectivity index (χ3v) is 5.20. The second kappa shape index (κ2) is 6.11. The first-order chi connectivity index (χ1) is 9.79. The third-order valence-electron chi connectivity index (χ3n) is 3.28. The lowest BCUT2D eigenvalue weighted by atomic mass is 10.3. The zero-order valence-corrected chi connectivity index (χ0v) is 12.7. The molecule has 1 saturated heterocycles. The van der Waals surface area contributed by atoms with E-state index in [0.29, 0.717) is 11.9 Å². The summed E-state index contributed by atoms with van der Waals surface area (Å²) in [4.78, 5) is 17.9. The predicted molar refractivity (Wildman–Crippen MR) is 83.8 cm³/mol. The van der Waals surface area contributed by atoms with Crippen molar-refractivity contribution in [3.63, 3.8) is 0 Å². The van der Waals surface area contributed by atoms with Gasteiger partial charge in [0.2, 0.25) is 0 Å². The number of fused-ring (bicyclic) bond motifs is 1. The summed E-state index contributed by atoms with van der Waals surface area (Å²) in [5, 5.41) is 3.37. The highest BCUT2D eigenvalue weighted by Gasteiger charge is 2.18. The van der Waals surface area contributed by atoms with Gasteiger partial charge in [-0.2, -0.15) is 0 Å². The van der Waals surface area contributed by atoms with Gasteiger partial charge in [0.15, 0.2) is 5.16 Å². The maximum Gasteiger partial charge on any atom is 0.263 e. The Bertz CT molecular complexity index is 671. The second-order valence-electron chi connectivity index (χ2n) is 4.68. The van der Waals surface area contributed by atoms with Crippen molar-refractivity contribution in [2.45, 2.75) is 30.6 Å². The standard InChI is InChI=1S/C14H16N2O2S2/c1-2-6-16-13(17)11-5-8-19-12(11)15-14(16)20-9-10-4-3-7-18-10/h2,5,8,10H,1,3-4,6-7,9H2. The van der Waals surface area contributed by atoms with E-state index >= 15 is 0 Å². The maximum atomic E-state index is 12.4. The molecule has 1 unspecified atom stereocenters. The molecule has 2 aromatic heterocycles. The van der Waals surface area contributed by atoms with Gasteiger partial charge in [0.05, 0.1) is 11.5 Å². The summed E-state index contributed by atoms with van der Waals surface area (Å²) in [5.41, 5.74) is 0.0194. The highest BCUT2D eigenvalue weighted by Crippen LogP contribution is 2.24. The van der Waals surface area contributed by atoms with Crippen molar-refractivity contribution in [1.82, 2.24) is 9.55 Å². The predicted octanol–water partition coefficient (Wildman–Crippen LogP) is 2.92. The summed E-state index contributed by atoms with van der Waals surface area (Å²) >= 11 is 3.11. The van der Waals surface area contributed by atoms with Crippen LogP contribution in [-0.4, -0.2) is 28.0 Å². The van der Waals surface area contributed by atoms with Crippen LogP contribution in [0.1, 0.15) is 12.8 Å². The molecule has 2 aromatic rings. The highest BCUT2D eigenvalue weighted by atomic mass is 32.2. The topological polar surface area (TPSA) is 44.1 Å². The number of thioether (sulfide) groups is 1. The fourth-order valence-electron chi connectivity index (χ4n) is 2.27. The first-order valence-corrected chi connectivity index (χ1v) is 8.49. The molecule has 20 heavy (non-hydrogen) atoms. The van der Waals surface area contributed by atoms with Crippen LogP contribution in [0.4, 0.5) is 0 Å². The van der Waals surface area contributed by atoms with Crippen molar-refractivity contribution < 1.29 is 4.74 Å². The van der Waals surface area contributed by atoms with Crippen molar-refractivity contribution in [3.8, 4) is 0 Å². The van der Waals surface area contributed by atoms with Crippen LogP contribution in [0.2, 0.25) is 0 Å². The molecular formula is C14H16N2O2S2. The summed E-state index contributed by atoms with van der Waals surface area (Å²) in [6.45, 7) is 5.07. The Morgan fingerprint density at radius 1 is 1.65 bits per heavy atom. The van der Waals surface area contributed by atoms with Gasteiger partial charge in [-0.25, -0.2) is 4.98 Å². The Morgan fingerprint density at radius 2 is 2.55 bits per heavy atom. The third kappa shape index (κ3) is 2.68. The lowest BCUT2D eigenvalue weighted by Gasteiger charge is -2.12. The molecule has 1 aliphatic heterocycles. The van der Waals surface area contributed by atoms with Gasteiger partial charge >= 0.3 is 0 Å². The van der Waals surface area contributed by atoms with Gasteiger partial charge in [-0.3, -0.25) is 9.36 Å². The molecule has 4 nitrogen and oxygen atoms in total. The molecule has 0 aromatic carbocycles. The van der Waals surface area contributed by atoms with Crippen molar-refractivity contribution in [2.24, 2.45) is 0 Å². The van der Waals surface area contributed by atoms with Gasteiger partial charge in [-0.15, -0.1) is 17.9 Å². The molecule has 3 rings (SSSR count). The fraction of sp³-hybridized carbons (Fsp3) is 0.429. The van der Waals surface area contributed by atoms with Gasteiger partial charge in [-0.1, -0.05) is 17.8 Å². The monoisotopic (exact) mass is 308 g/mol. The van der Waals surface area contributed by atoms with Crippen LogP contribution in [0.25, 0.3) is 10.2 Å². The molecule has 0 N–H and O–H groups in total. The van der Waals surface area contributed by atoms with E-state index in [0.717, 1.165) is 35.2 Å². The van der Waals surface area contributed by atoms with E-state index < -0.39 is 0 Å². The molecule has 1 fully saturated rings. The number of nitrogens with zero attached hydrogens (tertiary/aromatic N) is 2. The Kier molecular flexibility index (Phi) is 4.24. The van der Waals surface area contributed by atoms with E-state index in [4.69, 9.17) is 4.74 Å². The normalized spacial score (nSPS) is 18.7. The summed E-state index contributed by atoms with van der Waals surface area (Å²) < 4.78 is 7.32. The van der Waals surface area contributed by atoms with Crippen LogP contribution in [-0.2, 0) is 11.3 Å². The quantitative estimate of drug-likeness (QED) is 0.484. The van der Waals surface area contributed by atoms with Gasteiger partial charge in [-0.05, 0) is 24.3 Å². The molecule has 6 heteroatoms. The average molecular weight is 308 g/mol.